The fourth-order valence-electron chi connectivity index (χ4n) is 2.58. The van der Waals surface area contributed by atoms with Crippen molar-refractivity contribution in [2.75, 3.05) is 13.7 Å². The van der Waals surface area contributed by atoms with Crippen molar-refractivity contribution in [1.82, 2.24) is 14.7 Å². The van der Waals surface area contributed by atoms with E-state index in [9.17, 15) is 4.79 Å². The van der Waals surface area contributed by atoms with E-state index in [4.69, 9.17) is 4.74 Å². The van der Waals surface area contributed by atoms with Gasteiger partial charge >= 0.3 is 0 Å². The third-order valence-corrected chi connectivity index (χ3v) is 4.82. The van der Waals surface area contributed by atoms with E-state index in [2.05, 4.69) is 23.3 Å². The summed E-state index contributed by atoms with van der Waals surface area (Å²) in [6, 6.07) is 9.78. The zero-order valence-corrected chi connectivity index (χ0v) is 14.2. The Bertz CT molecular complexity index is 837. The monoisotopic (exact) mass is 329 g/mol. The van der Waals surface area contributed by atoms with Gasteiger partial charge in [-0.05, 0) is 38.1 Å². The molecule has 0 aromatic carbocycles. The minimum absolute atomic E-state index is 0.142. The van der Waals surface area contributed by atoms with Gasteiger partial charge in [-0.2, -0.15) is 0 Å². The first kappa shape index (κ1) is 15.7. The Balaban J connectivity index is 1.77. The molecule has 6 heteroatoms. The molecule has 1 atom stereocenters. The summed E-state index contributed by atoms with van der Waals surface area (Å²) in [7, 11) is 1.66. The highest BCUT2D eigenvalue weighted by molar-refractivity contribution is 7.12. The van der Waals surface area contributed by atoms with Crippen LogP contribution in [0.25, 0.3) is 5.65 Å². The van der Waals surface area contributed by atoms with Crippen LogP contribution in [0, 0.1) is 13.8 Å². The number of amides is 1. The molecular weight excluding hydrogens is 310 g/mol. The summed E-state index contributed by atoms with van der Waals surface area (Å²) in [5, 5.41) is 2.96. The molecular formula is C17H19N3O2S. The second kappa shape index (κ2) is 6.52. The van der Waals surface area contributed by atoms with Crippen LogP contribution in [-0.4, -0.2) is 28.9 Å². The maximum Gasteiger partial charge on any atom is 0.270 e. The van der Waals surface area contributed by atoms with E-state index in [0.717, 1.165) is 16.2 Å². The second-order valence-electron chi connectivity index (χ2n) is 5.36. The number of fused-ring (bicyclic) bond motifs is 1. The van der Waals surface area contributed by atoms with Gasteiger partial charge in [-0.3, -0.25) is 9.20 Å². The lowest BCUT2D eigenvalue weighted by molar-refractivity contribution is 0.0832. The van der Waals surface area contributed by atoms with E-state index in [1.54, 1.807) is 18.4 Å². The van der Waals surface area contributed by atoms with Crippen molar-refractivity contribution in [3.05, 3.63) is 57.7 Å². The lowest BCUT2D eigenvalue weighted by Gasteiger charge is -2.14. The van der Waals surface area contributed by atoms with Crippen molar-refractivity contribution in [1.29, 1.82) is 0 Å². The number of pyridine rings is 1. The predicted molar refractivity (Wildman–Crippen MR) is 91.1 cm³/mol. The summed E-state index contributed by atoms with van der Waals surface area (Å²) >= 11 is 1.68. The van der Waals surface area contributed by atoms with Crippen LogP contribution in [0.4, 0.5) is 0 Å². The number of carbonyl (C=O) groups is 1. The Morgan fingerprint density at radius 3 is 2.87 bits per heavy atom. The number of carbonyl (C=O) groups excluding carboxylic acids is 1. The first-order valence-corrected chi connectivity index (χ1v) is 8.23. The van der Waals surface area contributed by atoms with Gasteiger partial charge in [-0.25, -0.2) is 4.98 Å². The first-order chi connectivity index (χ1) is 11.1. The molecule has 3 rings (SSSR count). The molecule has 0 aliphatic heterocycles. The number of methoxy groups -OCH3 is 1. The smallest absolute Gasteiger partial charge is 0.270 e. The van der Waals surface area contributed by atoms with Crippen molar-refractivity contribution < 1.29 is 9.53 Å². The molecule has 23 heavy (non-hydrogen) atoms. The number of rotatable bonds is 5. The molecule has 3 aromatic rings. The number of hydrogen-bond acceptors (Lipinski definition) is 4. The highest BCUT2D eigenvalue weighted by atomic mass is 32.1. The molecule has 0 saturated carbocycles. The van der Waals surface area contributed by atoms with Crippen LogP contribution in [0.5, 0.6) is 0 Å². The van der Waals surface area contributed by atoms with Crippen LogP contribution >= 0.6 is 11.3 Å². The van der Waals surface area contributed by atoms with Gasteiger partial charge in [-0.1, -0.05) is 6.07 Å². The van der Waals surface area contributed by atoms with Crippen molar-refractivity contribution in [2.24, 2.45) is 0 Å². The number of imidazole rings is 1. The SMILES string of the molecule is COC(CNC(=O)c1c(C)nc2ccccn12)c1ccc(C)s1. The van der Waals surface area contributed by atoms with E-state index < -0.39 is 0 Å². The van der Waals surface area contributed by atoms with Gasteiger partial charge in [0.2, 0.25) is 0 Å². The zero-order chi connectivity index (χ0) is 16.4. The maximum absolute atomic E-state index is 12.6. The molecule has 1 amide bonds. The first-order valence-electron chi connectivity index (χ1n) is 7.41. The number of ether oxygens (including phenoxy) is 1. The summed E-state index contributed by atoms with van der Waals surface area (Å²) in [6.07, 6.45) is 1.71. The summed E-state index contributed by atoms with van der Waals surface area (Å²) < 4.78 is 7.32. The largest absolute Gasteiger partial charge is 0.374 e. The van der Waals surface area contributed by atoms with Crippen LogP contribution < -0.4 is 5.32 Å². The quantitative estimate of drug-likeness (QED) is 0.782. The van der Waals surface area contributed by atoms with Gasteiger partial charge in [0.1, 0.15) is 17.4 Å². The molecule has 1 unspecified atom stereocenters. The van der Waals surface area contributed by atoms with E-state index in [1.807, 2.05) is 41.8 Å². The molecule has 0 aliphatic rings. The Morgan fingerprint density at radius 1 is 1.35 bits per heavy atom. The van der Waals surface area contributed by atoms with E-state index in [-0.39, 0.29) is 12.0 Å². The molecule has 3 heterocycles. The molecule has 0 fully saturated rings. The number of nitrogens with one attached hydrogen (secondary N) is 1. The Hall–Kier alpha value is -2.18. The predicted octanol–water partition coefficient (Wildman–Crippen LogP) is 3.13. The third kappa shape index (κ3) is 3.13. The normalized spacial score (nSPS) is 12.5. The number of nitrogens with zero attached hydrogens (tertiary/aromatic N) is 2. The van der Waals surface area contributed by atoms with Crippen molar-refractivity contribution in [3.8, 4) is 0 Å². The average molecular weight is 329 g/mol. The lowest BCUT2D eigenvalue weighted by Crippen LogP contribution is -2.30. The van der Waals surface area contributed by atoms with Crippen molar-refractivity contribution in [3.63, 3.8) is 0 Å². The number of hydrogen-bond donors (Lipinski definition) is 1. The number of thiophene rings is 1. The fraction of sp³-hybridized carbons (Fsp3) is 0.294. The zero-order valence-electron chi connectivity index (χ0n) is 13.4. The molecule has 120 valence electrons. The molecule has 0 spiro atoms. The van der Waals surface area contributed by atoms with Gasteiger partial charge in [0, 0.05) is 29.6 Å². The van der Waals surface area contributed by atoms with Crippen LogP contribution in [-0.2, 0) is 4.74 Å². The highest BCUT2D eigenvalue weighted by Crippen LogP contribution is 2.24. The molecule has 0 aliphatic carbocycles. The number of aryl methyl sites for hydroxylation is 2. The van der Waals surface area contributed by atoms with Gasteiger partial charge in [0.15, 0.2) is 0 Å². The van der Waals surface area contributed by atoms with E-state index in [1.165, 1.54) is 4.88 Å². The van der Waals surface area contributed by atoms with Crippen LogP contribution in [0.15, 0.2) is 36.5 Å². The Morgan fingerprint density at radius 2 is 2.17 bits per heavy atom. The van der Waals surface area contributed by atoms with E-state index >= 15 is 0 Å². The second-order valence-corrected chi connectivity index (χ2v) is 6.68. The van der Waals surface area contributed by atoms with E-state index in [0.29, 0.717) is 12.2 Å². The molecule has 0 saturated heterocycles. The molecule has 0 radical (unpaired) electrons. The van der Waals surface area contributed by atoms with Gasteiger partial charge in [0.05, 0.1) is 5.69 Å². The summed E-state index contributed by atoms with van der Waals surface area (Å²) in [5.74, 6) is -0.142. The summed E-state index contributed by atoms with van der Waals surface area (Å²) in [4.78, 5) is 19.3. The molecule has 5 nitrogen and oxygen atoms in total. The Labute approximate surface area is 138 Å². The maximum atomic E-state index is 12.6. The topological polar surface area (TPSA) is 55.6 Å². The molecule has 1 N–H and O–H groups in total. The van der Waals surface area contributed by atoms with Crippen LogP contribution in [0.3, 0.4) is 0 Å². The van der Waals surface area contributed by atoms with Gasteiger partial charge in [0.25, 0.3) is 5.91 Å². The van der Waals surface area contributed by atoms with Gasteiger partial charge in [-0.15, -0.1) is 11.3 Å². The molecule has 0 bridgehead atoms. The summed E-state index contributed by atoms with van der Waals surface area (Å²) in [6.45, 7) is 4.33. The summed E-state index contributed by atoms with van der Waals surface area (Å²) in [5.41, 5.74) is 2.06. The highest BCUT2D eigenvalue weighted by Gasteiger charge is 2.19. The lowest BCUT2D eigenvalue weighted by atomic mass is 10.2. The van der Waals surface area contributed by atoms with Crippen LogP contribution in [0.2, 0.25) is 0 Å². The van der Waals surface area contributed by atoms with Crippen molar-refractivity contribution >= 4 is 22.9 Å². The minimum atomic E-state index is -0.142. The standard InChI is InChI=1S/C17H19N3O2S/c1-11-7-8-14(23-11)13(22-3)10-18-17(21)16-12(2)19-15-6-4-5-9-20(15)16/h4-9,13H,10H2,1-3H3,(H,18,21). The molecule has 3 aromatic heterocycles. The van der Waals surface area contributed by atoms with Crippen molar-refractivity contribution in [2.45, 2.75) is 20.0 Å². The van der Waals surface area contributed by atoms with Crippen LogP contribution in [0.1, 0.15) is 32.0 Å². The number of aromatic nitrogens is 2. The fourth-order valence-corrected chi connectivity index (χ4v) is 3.54. The Kier molecular flexibility index (Phi) is 4.45. The van der Waals surface area contributed by atoms with Gasteiger partial charge < -0.3 is 10.1 Å². The average Bonchev–Trinajstić information content (AvgIpc) is 3.10. The third-order valence-electron chi connectivity index (χ3n) is 3.73. The minimum Gasteiger partial charge on any atom is -0.374 e.